The van der Waals surface area contributed by atoms with E-state index in [2.05, 4.69) is 48.5 Å². The number of thiazole rings is 1. The Morgan fingerprint density at radius 1 is 0.950 bits per heavy atom. The lowest BCUT2D eigenvalue weighted by molar-refractivity contribution is 0.532. The molecular weight excluding hydrogens is 264 g/mol. The highest BCUT2D eigenvalue weighted by atomic mass is 32.1. The molecule has 2 aromatic carbocycles. The van der Waals surface area contributed by atoms with Gasteiger partial charge in [0.1, 0.15) is 0 Å². The van der Waals surface area contributed by atoms with Gasteiger partial charge in [-0.25, -0.2) is 4.98 Å². The lowest BCUT2D eigenvalue weighted by Gasteiger charge is -2.12. The van der Waals surface area contributed by atoms with Gasteiger partial charge in [0, 0.05) is 6.42 Å². The number of fused-ring (bicyclic) bond motifs is 1. The van der Waals surface area contributed by atoms with E-state index in [1.54, 1.807) is 11.3 Å². The van der Waals surface area contributed by atoms with Crippen molar-refractivity contribution in [2.75, 3.05) is 6.54 Å². The maximum atomic E-state index is 5.94. The van der Waals surface area contributed by atoms with E-state index in [0.29, 0.717) is 12.5 Å². The minimum Gasteiger partial charge on any atom is -0.330 e. The van der Waals surface area contributed by atoms with Crippen molar-refractivity contribution in [1.29, 1.82) is 0 Å². The van der Waals surface area contributed by atoms with E-state index in [4.69, 9.17) is 10.7 Å². The number of para-hydroxylation sites is 1. The molecule has 1 aromatic heterocycles. The Kier molecular flexibility index (Phi) is 4.09. The number of hydrogen-bond donors (Lipinski definition) is 1. The van der Waals surface area contributed by atoms with E-state index in [1.165, 1.54) is 15.3 Å². The third kappa shape index (κ3) is 3.06. The predicted octanol–water partition coefficient (Wildman–Crippen LogP) is 3.66. The third-order valence-electron chi connectivity index (χ3n) is 3.50. The molecule has 1 unspecified atom stereocenters. The molecule has 0 spiro atoms. The second-order valence-electron chi connectivity index (χ2n) is 5.07. The molecule has 0 saturated carbocycles. The Morgan fingerprint density at radius 2 is 1.70 bits per heavy atom. The second kappa shape index (κ2) is 6.16. The normalized spacial score (nSPS) is 12.7. The zero-order valence-electron chi connectivity index (χ0n) is 11.3. The van der Waals surface area contributed by atoms with E-state index in [0.717, 1.165) is 18.4 Å². The van der Waals surface area contributed by atoms with Crippen LogP contribution in [0.3, 0.4) is 0 Å². The van der Waals surface area contributed by atoms with E-state index < -0.39 is 0 Å². The summed E-state index contributed by atoms with van der Waals surface area (Å²) in [5.41, 5.74) is 8.39. The van der Waals surface area contributed by atoms with Crippen LogP contribution in [0.4, 0.5) is 0 Å². The first-order valence-corrected chi connectivity index (χ1v) is 7.75. The molecule has 1 atom stereocenters. The lowest BCUT2D eigenvalue weighted by Crippen LogP contribution is -2.19. The monoisotopic (exact) mass is 282 g/mol. The van der Waals surface area contributed by atoms with E-state index in [-0.39, 0.29) is 0 Å². The second-order valence-corrected chi connectivity index (χ2v) is 6.19. The molecule has 20 heavy (non-hydrogen) atoms. The summed E-state index contributed by atoms with van der Waals surface area (Å²) in [6.45, 7) is 0.699. The van der Waals surface area contributed by atoms with Crippen molar-refractivity contribution < 1.29 is 0 Å². The Balaban J connectivity index is 1.74. The van der Waals surface area contributed by atoms with Crippen molar-refractivity contribution in [2.45, 2.75) is 12.8 Å². The highest BCUT2D eigenvalue weighted by molar-refractivity contribution is 7.18. The molecule has 0 amide bonds. The van der Waals surface area contributed by atoms with Crippen LogP contribution in [0.25, 0.3) is 10.2 Å². The highest BCUT2D eigenvalue weighted by Crippen LogP contribution is 2.24. The van der Waals surface area contributed by atoms with Crippen molar-refractivity contribution in [1.82, 2.24) is 4.98 Å². The van der Waals surface area contributed by atoms with Crippen molar-refractivity contribution in [3.8, 4) is 0 Å². The SMILES string of the molecule is NCC(Cc1ccccc1)Cc1nc2ccccc2s1. The predicted molar refractivity (Wildman–Crippen MR) is 86.0 cm³/mol. The van der Waals surface area contributed by atoms with Crippen molar-refractivity contribution >= 4 is 21.6 Å². The minimum absolute atomic E-state index is 0.456. The summed E-state index contributed by atoms with van der Waals surface area (Å²) in [6.07, 6.45) is 1.98. The third-order valence-corrected chi connectivity index (χ3v) is 4.56. The molecular formula is C17H18N2S. The zero-order valence-corrected chi connectivity index (χ0v) is 12.1. The number of nitrogens with zero attached hydrogens (tertiary/aromatic N) is 1. The van der Waals surface area contributed by atoms with Gasteiger partial charge in [-0.3, -0.25) is 0 Å². The van der Waals surface area contributed by atoms with Crippen LogP contribution >= 0.6 is 11.3 Å². The number of aromatic nitrogens is 1. The van der Waals surface area contributed by atoms with Crippen LogP contribution in [0.2, 0.25) is 0 Å². The molecule has 3 aromatic rings. The Hall–Kier alpha value is -1.71. The Bertz CT molecular complexity index is 643. The van der Waals surface area contributed by atoms with Crippen LogP contribution in [0.5, 0.6) is 0 Å². The molecule has 3 rings (SSSR count). The molecule has 0 aliphatic rings. The maximum absolute atomic E-state index is 5.94. The Morgan fingerprint density at radius 3 is 2.45 bits per heavy atom. The molecule has 2 N–H and O–H groups in total. The van der Waals surface area contributed by atoms with Crippen LogP contribution < -0.4 is 5.73 Å². The van der Waals surface area contributed by atoms with Gasteiger partial charge in [-0.2, -0.15) is 0 Å². The standard InChI is InChI=1S/C17H18N2S/c18-12-14(10-13-6-2-1-3-7-13)11-17-19-15-8-4-5-9-16(15)20-17/h1-9,14H,10-12,18H2. The first-order chi connectivity index (χ1) is 9.85. The average molecular weight is 282 g/mol. The first-order valence-electron chi connectivity index (χ1n) is 6.93. The van der Waals surface area contributed by atoms with Crippen LogP contribution in [-0.4, -0.2) is 11.5 Å². The summed E-state index contributed by atoms with van der Waals surface area (Å²) < 4.78 is 1.26. The molecule has 0 fully saturated rings. The summed E-state index contributed by atoms with van der Waals surface area (Å²) in [7, 11) is 0. The summed E-state index contributed by atoms with van der Waals surface area (Å²) in [5.74, 6) is 0.456. The molecule has 0 aliphatic carbocycles. The fourth-order valence-corrected chi connectivity index (χ4v) is 3.52. The number of nitrogens with two attached hydrogens (primary N) is 1. The summed E-state index contributed by atoms with van der Waals surface area (Å²) in [6, 6.07) is 18.9. The van der Waals surface area contributed by atoms with Gasteiger partial charge in [-0.15, -0.1) is 11.3 Å². The number of hydrogen-bond acceptors (Lipinski definition) is 3. The van der Waals surface area contributed by atoms with Crippen molar-refractivity contribution in [3.63, 3.8) is 0 Å². The van der Waals surface area contributed by atoms with Crippen molar-refractivity contribution in [3.05, 3.63) is 65.2 Å². The quantitative estimate of drug-likeness (QED) is 0.775. The van der Waals surface area contributed by atoms with Crippen LogP contribution in [0.1, 0.15) is 10.6 Å². The van der Waals surface area contributed by atoms with Gasteiger partial charge in [0.05, 0.1) is 15.2 Å². The van der Waals surface area contributed by atoms with E-state index >= 15 is 0 Å². The summed E-state index contributed by atoms with van der Waals surface area (Å²) in [5, 5.41) is 1.19. The maximum Gasteiger partial charge on any atom is 0.0941 e. The topological polar surface area (TPSA) is 38.9 Å². The first kappa shape index (κ1) is 13.3. The smallest absolute Gasteiger partial charge is 0.0941 e. The van der Waals surface area contributed by atoms with Gasteiger partial charge in [-0.05, 0) is 36.6 Å². The molecule has 0 aliphatic heterocycles. The highest BCUT2D eigenvalue weighted by Gasteiger charge is 2.12. The van der Waals surface area contributed by atoms with Gasteiger partial charge in [-0.1, -0.05) is 42.5 Å². The van der Waals surface area contributed by atoms with Gasteiger partial charge in [0.25, 0.3) is 0 Å². The summed E-state index contributed by atoms with van der Waals surface area (Å²) in [4.78, 5) is 4.71. The van der Waals surface area contributed by atoms with Crippen LogP contribution in [-0.2, 0) is 12.8 Å². The fourth-order valence-electron chi connectivity index (χ4n) is 2.44. The average Bonchev–Trinajstić information content (AvgIpc) is 2.90. The van der Waals surface area contributed by atoms with Gasteiger partial charge < -0.3 is 5.73 Å². The fraction of sp³-hybridized carbons (Fsp3) is 0.235. The van der Waals surface area contributed by atoms with Crippen molar-refractivity contribution in [2.24, 2.45) is 11.7 Å². The zero-order chi connectivity index (χ0) is 13.8. The molecule has 1 heterocycles. The van der Waals surface area contributed by atoms with Crippen LogP contribution in [0, 0.1) is 5.92 Å². The van der Waals surface area contributed by atoms with E-state index in [9.17, 15) is 0 Å². The number of rotatable bonds is 5. The van der Waals surface area contributed by atoms with Gasteiger partial charge >= 0.3 is 0 Å². The molecule has 0 bridgehead atoms. The molecule has 0 saturated heterocycles. The molecule has 2 nitrogen and oxygen atoms in total. The van der Waals surface area contributed by atoms with E-state index in [1.807, 2.05) is 6.07 Å². The molecule has 3 heteroatoms. The van der Waals surface area contributed by atoms with Gasteiger partial charge in [0.2, 0.25) is 0 Å². The summed E-state index contributed by atoms with van der Waals surface area (Å²) >= 11 is 1.78. The largest absolute Gasteiger partial charge is 0.330 e. The lowest BCUT2D eigenvalue weighted by atomic mass is 9.97. The number of benzene rings is 2. The van der Waals surface area contributed by atoms with Crippen LogP contribution in [0.15, 0.2) is 54.6 Å². The minimum atomic E-state index is 0.456. The van der Waals surface area contributed by atoms with Gasteiger partial charge in [0.15, 0.2) is 0 Å². The Labute approximate surface area is 123 Å². The molecule has 0 radical (unpaired) electrons. The molecule has 102 valence electrons.